The molecule has 0 atom stereocenters. The summed E-state index contributed by atoms with van der Waals surface area (Å²) >= 11 is -1.50. The molecule has 0 fully saturated rings. The van der Waals surface area contributed by atoms with Gasteiger partial charge in [-0.05, 0) is 0 Å². The summed E-state index contributed by atoms with van der Waals surface area (Å²) in [6, 6.07) is 43.8. The first kappa shape index (κ1) is 18.9. The summed E-state index contributed by atoms with van der Waals surface area (Å²) in [4.78, 5) is 2.53. The Labute approximate surface area is 173 Å². The summed E-state index contributed by atoms with van der Waals surface area (Å²) in [6.45, 7) is 0. The minimum atomic E-state index is -1.50. The third kappa shape index (κ3) is 4.71. The van der Waals surface area contributed by atoms with E-state index >= 15 is 0 Å². The quantitative estimate of drug-likeness (QED) is 0.306. The first-order valence-corrected chi connectivity index (χ1v) is 13.8. The molecule has 0 heterocycles. The Morgan fingerprint density at radius 3 is 1.21 bits per heavy atom. The number of hydrogen-bond donors (Lipinski definition) is 0. The molecule has 0 N–H and O–H groups in total. The van der Waals surface area contributed by atoms with Crippen molar-refractivity contribution >= 4 is 41.9 Å². The van der Waals surface area contributed by atoms with E-state index in [9.17, 15) is 0 Å². The van der Waals surface area contributed by atoms with Crippen molar-refractivity contribution in [1.82, 2.24) is 0 Å². The number of rotatable bonds is 6. The van der Waals surface area contributed by atoms with E-state index in [2.05, 4.69) is 132 Å². The van der Waals surface area contributed by atoms with Crippen molar-refractivity contribution in [3.63, 3.8) is 0 Å². The van der Waals surface area contributed by atoms with Crippen LogP contribution in [0.2, 0.25) is 0 Å². The molecule has 0 nitrogen and oxygen atoms in total. The van der Waals surface area contributed by atoms with Gasteiger partial charge in [-0.15, -0.1) is 0 Å². The number of hydrogen-bond acceptors (Lipinski definition) is 0. The summed E-state index contributed by atoms with van der Waals surface area (Å²) in [5.41, 5.74) is 0. The molecule has 0 spiro atoms. The second kappa shape index (κ2) is 9.70. The van der Waals surface area contributed by atoms with Crippen molar-refractivity contribution in [3.05, 3.63) is 132 Å². The zero-order chi connectivity index (χ0) is 19.0. The normalized spacial score (nSPS) is 11.4. The summed E-state index contributed by atoms with van der Waals surface area (Å²) in [7, 11) is -0.508. The van der Waals surface area contributed by atoms with Crippen LogP contribution in [0.3, 0.4) is 0 Å². The molecule has 0 saturated carbocycles. The molecule has 0 radical (unpaired) electrons. The van der Waals surface area contributed by atoms with Crippen LogP contribution in [0.15, 0.2) is 132 Å². The Morgan fingerprint density at radius 2 is 0.821 bits per heavy atom. The Bertz CT molecular complexity index is 835. The van der Waals surface area contributed by atoms with Crippen molar-refractivity contribution in [2.45, 2.75) is 0 Å². The topological polar surface area (TPSA) is 0 Å². The maximum atomic E-state index is 2.53. The van der Waals surface area contributed by atoms with Gasteiger partial charge in [0.05, 0.1) is 0 Å². The van der Waals surface area contributed by atoms with Crippen molar-refractivity contribution in [3.8, 4) is 0 Å². The Balaban J connectivity index is 1.75. The van der Waals surface area contributed by atoms with Gasteiger partial charge in [-0.2, -0.15) is 0 Å². The van der Waals surface area contributed by atoms with Gasteiger partial charge < -0.3 is 0 Å². The molecular weight excluding hydrogens is 418 g/mol. The first-order valence-electron chi connectivity index (χ1n) is 9.39. The average molecular weight is 440 g/mol. The Kier molecular flexibility index (Phi) is 6.56. The summed E-state index contributed by atoms with van der Waals surface area (Å²) in [5, 5.41) is 2.80. The summed E-state index contributed by atoms with van der Waals surface area (Å²) in [5.74, 6) is 2.49. The predicted molar refractivity (Wildman–Crippen MR) is 126 cm³/mol. The molecule has 0 amide bonds. The van der Waals surface area contributed by atoms with Crippen LogP contribution in [-0.2, 0) is 0 Å². The molecule has 0 aliphatic heterocycles. The molecule has 4 aromatic rings. The third-order valence-corrected chi connectivity index (χ3v) is 11.7. The summed E-state index contributed by atoms with van der Waals surface area (Å²) in [6.07, 6.45) is 0. The minimum absolute atomic E-state index is 0.508. The van der Waals surface area contributed by atoms with Crippen molar-refractivity contribution in [1.29, 1.82) is 0 Å². The van der Waals surface area contributed by atoms with E-state index in [1.54, 1.807) is 0 Å². The zero-order valence-corrected chi connectivity index (χ0v) is 18.4. The van der Waals surface area contributed by atoms with Gasteiger partial charge in [0, 0.05) is 0 Å². The van der Waals surface area contributed by atoms with Crippen LogP contribution in [0.5, 0.6) is 0 Å². The fourth-order valence-corrected chi connectivity index (χ4v) is 10.1. The van der Waals surface area contributed by atoms with Gasteiger partial charge in [0.1, 0.15) is 0 Å². The van der Waals surface area contributed by atoms with E-state index in [1.807, 2.05) is 0 Å². The van der Waals surface area contributed by atoms with Gasteiger partial charge >= 0.3 is 174 Å². The SMILES string of the molecule is C(=C\[As](c1ccccc1)c1ccccc1)/P(c1ccccc1)c1ccccc1. The van der Waals surface area contributed by atoms with E-state index in [4.69, 9.17) is 0 Å². The van der Waals surface area contributed by atoms with Crippen LogP contribution in [0, 0.1) is 0 Å². The molecule has 4 aromatic carbocycles. The van der Waals surface area contributed by atoms with E-state index in [0.717, 1.165) is 0 Å². The van der Waals surface area contributed by atoms with Crippen LogP contribution in [0.25, 0.3) is 0 Å². The average Bonchev–Trinajstić information content (AvgIpc) is 2.79. The molecule has 0 aromatic heterocycles. The van der Waals surface area contributed by atoms with Crippen molar-refractivity contribution in [2.75, 3.05) is 0 Å². The summed E-state index contributed by atoms with van der Waals surface area (Å²) < 4.78 is 2.93. The van der Waals surface area contributed by atoms with Crippen LogP contribution in [0.1, 0.15) is 0 Å². The molecule has 0 aliphatic carbocycles. The zero-order valence-electron chi connectivity index (χ0n) is 15.6. The fraction of sp³-hybridized carbons (Fsp3) is 0. The van der Waals surface area contributed by atoms with Crippen LogP contribution >= 0.6 is 7.92 Å². The van der Waals surface area contributed by atoms with Crippen LogP contribution in [0.4, 0.5) is 0 Å². The van der Waals surface area contributed by atoms with E-state index in [0.29, 0.717) is 0 Å². The van der Waals surface area contributed by atoms with Crippen molar-refractivity contribution in [2.24, 2.45) is 0 Å². The third-order valence-electron chi connectivity index (χ3n) is 4.50. The monoisotopic (exact) mass is 440 g/mol. The molecule has 136 valence electrons. The van der Waals surface area contributed by atoms with Gasteiger partial charge in [-0.1, -0.05) is 0 Å². The van der Waals surface area contributed by atoms with E-state index < -0.39 is 22.6 Å². The number of benzene rings is 4. The Morgan fingerprint density at radius 1 is 0.464 bits per heavy atom. The first-order chi connectivity index (χ1) is 13.9. The molecule has 28 heavy (non-hydrogen) atoms. The van der Waals surface area contributed by atoms with Crippen LogP contribution < -0.4 is 19.3 Å². The Hall–Kier alpha value is -2.39. The second-order valence-electron chi connectivity index (χ2n) is 6.38. The van der Waals surface area contributed by atoms with E-state index in [-0.39, 0.29) is 0 Å². The fourth-order valence-electron chi connectivity index (χ4n) is 3.13. The maximum absolute atomic E-state index is 2.53. The molecule has 4 rings (SSSR count). The van der Waals surface area contributed by atoms with Gasteiger partial charge in [0.15, 0.2) is 0 Å². The molecular formula is C26H22AsP. The van der Waals surface area contributed by atoms with Crippen molar-refractivity contribution < 1.29 is 0 Å². The molecule has 0 saturated heterocycles. The second-order valence-corrected chi connectivity index (χ2v) is 12.8. The standard InChI is InChI=1S/C26H22AsP/c1-5-13-23(14-6-1)27(24-15-7-2-8-16-24)21-22-28(25-17-9-3-10-18-25)26-19-11-4-12-20-26/h1-22H/b22-21+. The predicted octanol–water partition coefficient (Wildman–Crippen LogP) is 4.48. The van der Waals surface area contributed by atoms with Crippen LogP contribution in [-0.4, -0.2) is 14.7 Å². The van der Waals surface area contributed by atoms with Gasteiger partial charge in [-0.25, -0.2) is 0 Å². The van der Waals surface area contributed by atoms with Gasteiger partial charge in [0.25, 0.3) is 0 Å². The van der Waals surface area contributed by atoms with E-state index in [1.165, 1.54) is 19.3 Å². The van der Waals surface area contributed by atoms with Gasteiger partial charge in [-0.3, -0.25) is 0 Å². The molecule has 2 heteroatoms. The van der Waals surface area contributed by atoms with Gasteiger partial charge in [0.2, 0.25) is 0 Å². The molecule has 0 unspecified atom stereocenters. The molecule has 0 bridgehead atoms. The molecule has 0 aliphatic rings.